The summed E-state index contributed by atoms with van der Waals surface area (Å²) in [5.74, 6) is -0.535. The number of nitrogens with one attached hydrogen (secondary N) is 1. The first-order valence-corrected chi connectivity index (χ1v) is 6.81. The van der Waals surface area contributed by atoms with Crippen LogP contribution in [0.5, 0.6) is 0 Å². The molecule has 1 aliphatic rings. The molecular weight excluding hydrogens is 273 g/mol. The van der Waals surface area contributed by atoms with Gasteiger partial charge in [0.15, 0.2) is 0 Å². The van der Waals surface area contributed by atoms with Crippen LogP contribution in [0.2, 0.25) is 0 Å². The first-order chi connectivity index (χ1) is 9.13. The number of alkyl halides is 3. The molecule has 7 heteroatoms. The zero-order valence-electron chi connectivity index (χ0n) is 12.0. The molecular formula is C13H21F3N2O2. The fraction of sp³-hybridized carbons (Fsp3) is 0.846. The van der Waals surface area contributed by atoms with Crippen molar-refractivity contribution in [2.75, 3.05) is 6.54 Å². The molecule has 1 aliphatic heterocycles. The second-order valence-corrected chi connectivity index (χ2v) is 5.52. The van der Waals surface area contributed by atoms with Gasteiger partial charge in [-0.05, 0) is 25.7 Å². The highest BCUT2D eigenvalue weighted by atomic mass is 19.4. The number of hydrogen-bond donors (Lipinski definition) is 1. The highest BCUT2D eigenvalue weighted by Crippen LogP contribution is 2.23. The summed E-state index contributed by atoms with van der Waals surface area (Å²) in [5.41, 5.74) is 0. The molecule has 1 fully saturated rings. The minimum atomic E-state index is -4.17. The summed E-state index contributed by atoms with van der Waals surface area (Å²) in [5, 5.41) is 2.59. The quantitative estimate of drug-likeness (QED) is 0.789. The van der Waals surface area contributed by atoms with Gasteiger partial charge in [0.2, 0.25) is 11.8 Å². The van der Waals surface area contributed by atoms with Gasteiger partial charge in [0.1, 0.15) is 12.1 Å². The van der Waals surface area contributed by atoms with Crippen LogP contribution in [0.25, 0.3) is 0 Å². The molecule has 0 saturated carbocycles. The first-order valence-electron chi connectivity index (χ1n) is 6.81. The lowest BCUT2D eigenvalue weighted by atomic mass is 9.97. The Kier molecular flexibility index (Phi) is 5.42. The number of amides is 2. The standard InChI is InChI=1S/C13H21F3N2O2/c1-8(2)10-11(19)17-9(3)12(20)18(10)7-5-4-6-13(14,15)16/h8-10H,4-7H2,1-3H3,(H,17,19). The third-order valence-electron chi connectivity index (χ3n) is 3.36. The zero-order chi connectivity index (χ0) is 15.5. The first kappa shape index (κ1) is 16.8. The van der Waals surface area contributed by atoms with Crippen molar-refractivity contribution in [3.63, 3.8) is 0 Å². The highest BCUT2D eigenvalue weighted by molar-refractivity contribution is 5.96. The Hall–Kier alpha value is -1.27. The van der Waals surface area contributed by atoms with Crippen LogP contribution < -0.4 is 5.32 Å². The molecule has 20 heavy (non-hydrogen) atoms. The number of nitrogens with zero attached hydrogens (tertiary/aromatic N) is 1. The van der Waals surface area contributed by atoms with Gasteiger partial charge in [-0.3, -0.25) is 9.59 Å². The average molecular weight is 294 g/mol. The van der Waals surface area contributed by atoms with Crippen LogP contribution in [0.15, 0.2) is 0 Å². The van der Waals surface area contributed by atoms with E-state index in [2.05, 4.69) is 5.32 Å². The van der Waals surface area contributed by atoms with Crippen molar-refractivity contribution in [3.05, 3.63) is 0 Å². The van der Waals surface area contributed by atoms with Crippen molar-refractivity contribution in [2.24, 2.45) is 5.92 Å². The molecule has 4 nitrogen and oxygen atoms in total. The lowest BCUT2D eigenvalue weighted by molar-refractivity contribution is -0.151. The monoisotopic (exact) mass is 294 g/mol. The number of carbonyl (C=O) groups is 2. The van der Waals surface area contributed by atoms with E-state index in [0.717, 1.165) is 0 Å². The molecule has 2 unspecified atom stereocenters. The van der Waals surface area contributed by atoms with E-state index < -0.39 is 24.7 Å². The predicted molar refractivity (Wildman–Crippen MR) is 67.8 cm³/mol. The van der Waals surface area contributed by atoms with Crippen LogP contribution in [-0.2, 0) is 9.59 Å². The Morgan fingerprint density at radius 2 is 1.85 bits per heavy atom. The lowest BCUT2D eigenvalue weighted by Gasteiger charge is -2.40. The SMILES string of the molecule is CC1NC(=O)C(C(C)C)N(CCCCC(F)(F)F)C1=O. The molecule has 0 aromatic heterocycles. The Bertz CT molecular complexity index is 369. The van der Waals surface area contributed by atoms with Gasteiger partial charge in [-0.1, -0.05) is 13.8 Å². The fourth-order valence-corrected chi connectivity index (χ4v) is 2.41. The van der Waals surface area contributed by atoms with E-state index in [-0.39, 0.29) is 37.1 Å². The number of halogens is 3. The van der Waals surface area contributed by atoms with Gasteiger partial charge in [-0.15, -0.1) is 0 Å². The average Bonchev–Trinajstić information content (AvgIpc) is 2.28. The van der Waals surface area contributed by atoms with Crippen LogP contribution in [0.3, 0.4) is 0 Å². The molecule has 0 radical (unpaired) electrons. The minimum absolute atomic E-state index is 0.0336. The van der Waals surface area contributed by atoms with Crippen molar-refractivity contribution in [1.29, 1.82) is 0 Å². The number of rotatable bonds is 5. The molecule has 0 aromatic rings. The molecule has 0 spiro atoms. The van der Waals surface area contributed by atoms with Crippen LogP contribution >= 0.6 is 0 Å². The van der Waals surface area contributed by atoms with Crippen LogP contribution in [0, 0.1) is 5.92 Å². The van der Waals surface area contributed by atoms with E-state index in [0.29, 0.717) is 0 Å². The summed E-state index contributed by atoms with van der Waals surface area (Å²) in [6.07, 6.45) is -4.82. The highest BCUT2D eigenvalue weighted by Gasteiger charge is 2.39. The van der Waals surface area contributed by atoms with Crippen LogP contribution in [0.4, 0.5) is 13.2 Å². The zero-order valence-corrected chi connectivity index (χ0v) is 12.0. The van der Waals surface area contributed by atoms with E-state index in [1.165, 1.54) is 4.90 Å². The fourth-order valence-electron chi connectivity index (χ4n) is 2.41. The van der Waals surface area contributed by atoms with Gasteiger partial charge >= 0.3 is 6.18 Å². The molecule has 2 amide bonds. The molecule has 0 bridgehead atoms. The molecule has 2 atom stereocenters. The number of carbonyl (C=O) groups excluding carboxylic acids is 2. The van der Waals surface area contributed by atoms with Gasteiger partial charge in [-0.25, -0.2) is 0 Å². The van der Waals surface area contributed by atoms with Gasteiger partial charge < -0.3 is 10.2 Å². The van der Waals surface area contributed by atoms with Crippen molar-refractivity contribution < 1.29 is 22.8 Å². The van der Waals surface area contributed by atoms with Crippen molar-refractivity contribution in [1.82, 2.24) is 10.2 Å². The molecule has 1 saturated heterocycles. The van der Waals surface area contributed by atoms with Gasteiger partial charge in [0, 0.05) is 13.0 Å². The normalized spacial score (nSPS) is 24.2. The summed E-state index contributed by atoms with van der Waals surface area (Å²) in [4.78, 5) is 25.4. The van der Waals surface area contributed by atoms with E-state index in [4.69, 9.17) is 0 Å². The largest absolute Gasteiger partial charge is 0.389 e. The topological polar surface area (TPSA) is 49.4 Å². The summed E-state index contributed by atoms with van der Waals surface area (Å²) in [6.45, 7) is 5.40. The Labute approximate surface area is 116 Å². The minimum Gasteiger partial charge on any atom is -0.343 e. The maximum Gasteiger partial charge on any atom is 0.389 e. The van der Waals surface area contributed by atoms with E-state index in [1.54, 1.807) is 6.92 Å². The summed E-state index contributed by atoms with van der Waals surface area (Å²) < 4.78 is 36.2. The third-order valence-corrected chi connectivity index (χ3v) is 3.36. The van der Waals surface area contributed by atoms with Crippen molar-refractivity contribution in [2.45, 2.75) is 58.3 Å². The lowest BCUT2D eigenvalue weighted by Crippen LogP contribution is -2.64. The van der Waals surface area contributed by atoms with Gasteiger partial charge in [0.05, 0.1) is 0 Å². The van der Waals surface area contributed by atoms with E-state index >= 15 is 0 Å². The Morgan fingerprint density at radius 3 is 2.35 bits per heavy atom. The van der Waals surface area contributed by atoms with Crippen molar-refractivity contribution >= 4 is 11.8 Å². The van der Waals surface area contributed by atoms with Gasteiger partial charge in [0.25, 0.3) is 0 Å². The van der Waals surface area contributed by atoms with Crippen molar-refractivity contribution in [3.8, 4) is 0 Å². The predicted octanol–water partition coefficient (Wildman–Crippen LogP) is 2.09. The summed E-state index contributed by atoms with van der Waals surface area (Å²) >= 11 is 0. The molecule has 0 aromatic carbocycles. The third kappa shape index (κ3) is 4.38. The second kappa shape index (κ2) is 6.45. The Balaban J connectivity index is 2.62. The number of piperazine rings is 1. The number of hydrogen-bond acceptors (Lipinski definition) is 2. The maximum atomic E-state index is 12.1. The summed E-state index contributed by atoms with van der Waals surface area (Å²) in [7, 11) is 0. The van der Waals surface area contributed by atoms with Crippen LogP contribution in [-0.4, -0.2) is 41.5 Å². The van der Waals surface area contributed by atoms with Gasteiger partial charge in [-0.2, -0.15) is 13.2 Å². The summed E-state index contributed by atoms with van der Waals surface area (Å²) in [6, 6.07) is -1.20. The van der Waals surface area contributed by atoms with Crippen LogP contribution in [0.1, 0.15) is 40.0 Å². The molecule has 116 valence electrons. The molecule has 0 aliphatic carbocycles. The molecule has 1 rings (SSSR count). The molecule has 1 N–H and O–H groups in total. The molecule has 1 heterocycles. The van der Waals surface area contributed by atoms with E-state index in [1.807, 2.05) is 13.8 Å². The van der Waals surface area contributed by atoms with E-state index in [9.17, 15) is 22.8 Å². The smallest absolute Gasteiger partial charge is 0.343 e. The second-order valence-electron chi connectivity index (χ2n) is 5.52. The maximum absolute atomic E-state index is 12.1. The Morgan fingerprint density at radius 1 is 1.25 bits per heavy atom. The number of unbranched alkanes of at least 4 members (excludes halogenated alkanes) is 1.